The van der Waals surface area contributed by atoms with Gasteiger partial charge in [0.1, 0.15) is 5.82 Å². The van der Waals surface area contributed by atoms with E-state index in [9.17, 15) is 4.39 Å². The van der Waals surface area contributed by atoms with E-state index >= 15 is 0 Å². The SMILES string of the molecule is Cc1ccc2sc3nc(-c4ccc(F)cc4)c(C)n3c2c1C. The number of hydrogen-bond acceptors (Lipinski definition) is 2. The first kappa shape index (κ1) is 13.5. The maximum atomic E-state index is 13.1. The second-order valence-electron chi connectivity index (χ2n) is 5.63. The van der Waals surface area contributed by atoms with Gasteiger partial charge in [0.2, 0.25) is 0 Å². The van der Waals surface area contributed by atoms with Gasteiger partial charge in [-0.1, -0.05) is 17.4 Å². The van der Waals surface area contributed by atoms with Crippen molar-refractivity contribution in [1.82, 2.24) is 9.38 Å². The van der Waals surface area contributed by atoms with Crippen LogP contribution in [0.25, 0.3) is 26.4 Å². The Morgan fingerprint density at radius 2 is 1.73 bits per heavy atom. The predicted molar refractivity (Wildman–Crippen MR) is 90.2 cm³/mol. The fourth-order valence-corrected chi connectivity index (χ4v) is 4.05. The molecule has 0 radical (unpaired) electrons. The van der Waals surface area contributed by atoms with Crippen LogP contribution in [0.2, 0.25) is 0 Å². The van der Waals surface area contributed by atoms with Crippen LogP contribution in [-0.4, -0.2) is 9.38 Å². The lowest BCUT2D eigenvalue weighted by Crippen LogP contribution is -1.90. The van der Waals surface area contributed by atoms with Gasteiger partial charge in [0.15, 0.2) is 4.96 Å². The van der Waals surface area contributed by atoms with E-state index in [2.05, 4.69) is 37.3 Å². The van der Waals surface area contributed by atoms with E-state index in [1.807, 2.05) is 0 Å². The van der Waals surface area contributed by atoms with Crippen LogP contribution in [-0.2, 0) is 0 Å². The van der Waals surface area contributed by atoms with Gasteiger partial charge in [0, 0.05) is 11.3 Å². The number of benzene rings is 2. The molecule has 4 heteroatoms. The normalized spacial score (nSPS) is 11.6. The van der Waals surface area contributed by atoms with Crippen molar-refractivity contribution in [3.05, 3.63) is 59.0 Å². The van der Waals surface area contributed by atoms with Crippen LogP contribution < -0.4 is 0 Å². The second-order valence-corrected chi connectivity index (χ2v) is 6.64. The number of fused-ring (bicyclic) bond motifs is 3. The molecular weight excluding hydrogens is 295 g/mol. The van der Waals surface area contributed by atoms with E-state index < -0.39 is 0 Å². The van der Waals surface area contributed by atoms with E-state index in [0.717, 1.165) is 21.9 Å². The smallest absolute Gasteiger partial charge is 0.195 e. The van der Waals surface area contributed by atoms with Crippen LogP contribution >= 0.6 is 11.3 Å². The highest BCUT2D eigenvalue weighted by Gasteiger charge is 2.16. The molecule has 4 rings (SSSR count). The van der Waals surface area contributed by atoms with E-state index in [4.69, 9.17) is 4.98 Å². The van der Waals surface area contributed by atoms with Crippen molar-refractivity contribution in [3.63, 3.8) is 0 Å². The summed E-state index contributed by atoms with van der Waals surface area (Å²) in [4.78, 5) is 5.77. The van der Waals surface area contributed by atoms with Crippen molar-refractivity contribution >= 4 is 26.5 Å². The Kier molecular flexibility index (Phi) is 2.84. The summed E-state index contributed by atoms with van der Waals surface area (Å²) in [7, 11) is 0. The average Bonchev–Trinajstić information content (AvgIpc) is 3.02. The molecule has 2 nitrogen and oxygen atoms in total. The minimum Gasteiger partial charge on any atom is -0.287 e. The van der Waals surface area contributed by atoms with Crippen molar-refractivity contribution in [2.24, 2.45) is 0 Å². The zero-order chi connectivity index (χ0) is 15.4. The Bertz CT molecular complexity index is 1010. The number of halogens is 1. The first-order valence-electron chi connectivity index (χ1n) is 7.20. The summed E-state index contributed by atoms with van der Waals surface area (Å²) in [5.74, 6) is -0.223. The summed E-state index contributed by atoms with van der Waals surface area (Å²) in [5, 5.41) is 0. The molecule has 0 spiro atoms. The summed E-state index contributed by atoms with van der Waals surface area (Å²) in [6, 6.07) is 10.9. The van der Waals surface area contributed by atoms with Gasteiger partial charge in [-0.15, -0.1) is 0 Å². The molecule has 0 fully saturated rings. The molecule has 2 heterocycles. The van der Waals surface area contributed by atoms with Crippen molar-refractivity contribution in [1.29, 1.82) is 0 Å². The largest absolute Gasteiger partial charge is 0.287 e. The molecule has 110 valence electrons. The number of aryl methyl sites for hydroxylation is 3. The number of aromatic nitrogens is 2. The van der Waals surface area contributed by atoms with Gasteiger partial charge in [-0.05, 0) is 62.2 Å². The van der Waals surface area contributed by atoms with E-state index in [0.29, 0.717) is 0 Å². The minimum atomic E-state index is -0.223. The summed E-state index contributed by atoms with van der Waals surface area (Å²) in [6.45, 7) is 6.36. The molecule has 0 unspecified atom stereocenters. The van der Waals surface area contributed by atoms with Gasteiger partial charge in [0.25, 0.3) is 0 Å². The molecule has 0 aliphatic carbocycles. The molecule has 0 aliphatic rings. The number of imidazole rings is 1. The van der Waals surface area contributed by atoms with E-state index in [-0.39, 0.29) is 5.82 Å². The Labute approximate surface area is 131 Å². The molecule has 0 saturated heterocycles. The van der Waals surface area contributed by atoms with Crippen LogP contribution in [0, 0.1) is 26.6 Å². The minimum absolute atomic E-state index is 0.223. The highest BCUT2D eigenvalue weighted by Crippen LogP contribution is 2.34. The Hall–Kier alpha value is -2.20. The quantitative estimate of drug-likeness (QED) is 0.467. The molecule has 0 bridgehead atoms. The number of rotatable bonds is 1. The summed E-state index contributed by atoms with van der Waals surface area (Å²) in [6.07, 6.45) is 0. The zero-order valence-electron chi connectivity index (χ0n) is 12.6. The van der Waals surface area contributed by atoms with Gasteiger partial charge < -0.3 is 0 Å². The predicted octanol–water partition coefficient (Wildman–Crippen LogP) is 5.28. The maximum absolute atomic E-state index is 13.1. The first-order valence-corrected chi connectivity index (χ1v) is 8.01. The molecular formula is C18H15FN2S. The van der Waals surface area contributed by atoms with Crippen LogP contribution in [0.5, 0.6) is 0 Å². The Morgan fingerprint density at radius 3 is 2.45 bits per heavy atom. The fraction of sp³-hybridized carbons (Fsp3) is 0.167. The average molecular weight is 310 g/mol. The van der Waals surface area contributed by atoms with Crippen molar-refractivity contribution < 1.29 is 4.39 Å². The Balaban J connectivity index is 2.06. The Morgan fingerprint density at radius 1 is 1.00 bits per heavy atom. The van der Waals surface area contributed by atoms with E-state index in [1.165, 1.54) is 33.5 Å². The van der Waals surface area contributed by atoms with Gasteiger partial charge in [-0.25, -0.2) is 9.37 Å². The van der Waals surface area contributed by atoms with Crippen LogP contribution in [0.4, 0.5) is 4.39 Å². The number of hydrogen-bond donors (Lipinski definition) is 0. The molecule has 0 N–H and O–H groups in total. The van der Waals surface area contributed by atoms with Crippen LogP contribution in [0.3, 0.4) is 0 Å². The highest BCUT2D eigenvalue weighted by molar-refractivity contribution is 7.23. The molecule has 22 heavy (non-hydrogen) atoms. The lowest BCUT2D eigenvalue weighted by atomic mass is 10.1. The molecule has 0 atom stereocenters. The van der Waals surface area contributed by atoms with Gasteiger partial charge in [-0.3, -0.25) is 4.40 Å². The third-order valence-electron chi connectivity index (χ3n) is 4.28. The molecule has 0 amide bonds. The molecule has 2 aromatic carbocycles. The third kappa shape index (κ3) is 1.80. The monoisotopic (exact) mass is 310 g/mol. The lowest BCUT2D eigenvalue weighted by Gasteiger charge is -2.04. The number of thiazole rings is 1. The highest BCUT2D eigenvalue weighted by atomic mass is 32.1. The summed E-state index contributed by atoms with van der Waals surface area (Å²) < 4.78 is 16.6. The van der Waals surface area contributed by atoms with Crippen molar-refractivity contribution in [2.75, 3.05) is 0 Å². The summed E-state index contributed by atoms with van der Waals surface area (Å²) in [5.41, 5.74) is 6.78. The third-order valence-corrected chi connectivity index (χ3v) is 5.29. The zero-order valence-corrected chi connectivity index (χ0v) is 13.5. The standard InChI is InChI=1S/C18H15FN2S/c1-10-4-9-15-17(11(10)2)21-12(3)16(20-18(21)22-15)13-5-7-14(19)8-6-13/h4-9H,1-3H3. The molecule has 0 aliphatic heterocycles. The summed E-state index contributed by atoms with van der Waals surface area (Å²) >= 11 is 1.70. The van der Waals surface area contributed by atoms with E-state index in [1.54, 1.807) is 23.5 Å². The molecule has 4 aromatic rings. The topological polar surface area (TPSA) is 17.3 Å². The maximum Gasteiger partial charge on any atom is 0.195 e. The second kappa shape index (κ2) is 4.65. The van der Waals surface area contributed by atoms with Crippen LogP contribution in [0.1, 0.15) is 16.8 Å². The van der Waals surface area contributed by atoms with Gasteiger partial charge >= 0.3 is 0 Å². The number of nitrogens with zero attached hydrogens (tertiary/aromatic N) is 2. The molecule has 0 saturated carbocycles. The van der Waals surface area contributed by atoms with Crippen molar-refractivity contribution in [3.8, 4) is 11.3 Å². The lowest BCUT2D eigenvalue weighted by molar-refractivity contribution is 0.628. The molecule has 2 aromatic heterocycles. The van der Waals surface area contributed by atoms with Crippen LogP contribution in [0.15, 0.2) is 36.4 Å². The van der Waals surface area contributed by atoms with Crippen molar-refractivity contribution in [2.45, 2.75) is 20.8 Å². The fourth-order valence-electron chi connectivity index (χ4n) is 2.92. The van der Waals surface area contributed by atoms with Gasteiger partial charge in [-0.2, -0.15) is 0 Å². The van der Waals surface area contributed by atoms with Gasteiger partial charge in [0.05, 0.1) is 15.9 Å². The first-order chi connectivity index (χ1) is 10.6.